The van der Waals surface area contributed by atoms with Gasteiger partial charge in [0.1, 0.15) is 0 Å². The third-order valence-corrected chi connectivity index (χ3v) is 4.30. The molecule has 0 aromatic rings. The van der Waals surface area contributed by atoms with Crippen molar-refractivity contribution in [3.05, 3.63) is 0 Å². The molecule has 3 heteroatoms. The molecule has 1 rings (SSSR count). The summed E-state index contributed by atoms with van der Waals surface area (Å²) in [7, 11) is 1.79. The Kier molecular flexibility index (Phi) is 7.20. The van der Waals surface area contributed by atoms with Gasteiger partial charge in [0.25, 0.3) is 0 Å². The maximum atomic E-state index is 5.25. The van der Waals surface area contributed by atoms with Crippen LogP contribution in [0.2, 0.25) is 0 Å². The van der Waals surface area contributed by atoms with Crippen LogP contribution in [0.1, 0.15) is 40.5 Å². The average Bonchev–Trinajstić information content (AvgIpc) is 2.32. The summed E-state index contributed by atoms with van der Waals surface area (Å²) in [4.78, 5) is 2.60. The topological polar surface area (TPSA) is 24.5 Å². The van der Waals surface area contributed by atoms with Crippen molar-refractivity contribution in [2.45, 2.75) is 52.6 Å². The van der Waals surface area contributed by atoms with Gasteiger partial charge in [0.05, 0.1) is 6.61 Å². The highest BCUT2D eigenvalue weighted by Crippen LogP contribution is 2.32. The quantitative estimate of drug-likeness (QED) is 0.757. The van der Waals surface area contributed by atoms with Gasteiger partial charge in [-0.15, -0.1) is 0 Å². The molecule has 0 amide bonds. The van der Waals surface area contributed by atoms with Crippen LogP contribution in [0.15, 0.2) is 0 Å². The first-order valence-electron chi connectivity index (χ1n) is 7.60. The zero-order valence-corrected chi connectivity index (χ0v) is 12.9. The van der Waals surface area contributed by atoms with Gasteiger partial charge in [0.15, 0.2) is 0 Å². The second-order valence-corrected chi connectivity index (χ2v) is 5.83. The van der Waals surface area contributed by atoms with Crippen molar-refractivity contribution in [1.29, 1.82) is 0 Å². The second-order valence-electron chi connectivity index (χ2n) is 5.83. The molecule has 108 valence electrons. The summed E-state index contributed by atoms with van der Waals surface area (Å²) in [6, 6.07) is 1.31. The normalized spacial score (nSPS) is 33.0. The summed E-state index contributed by atoms with van der Waals surface area (Å²) in [5.41, 5.74) is 0. The fraction of sp³-hybridized carbons (Fsp3) is 1.00. The van der Waals surface area contributed by atoms with Gasteiger partial charge in [-0.3, -0.25) is 4.90 Å². The highest BCUT2D eigenvalue weighted by molar-refractivity contribution is 4.93. The predicted molar refractivity (Wildman–Crippen MR) is 77.9 cm³/mol. The van der Waals surface area contributed by atoms with Crippen LogP contribution in [0.3, 0.4) is 0 Å². The van der Waals surface area contributed by atoms with Crippen molar-refractivity contribution in [3.63, 3.8) is 0 Å². The summed E-state index contributed by atoms with van der Waals surface area (Å²) < 4.78 is 5.25. The van der Waals surface area contributed by atoms with Crippen molar-refractivity contribution in [3.8, 4) is 0 Å². The fourth-order valence-corrected chi connectivity index (χ4v) is 3.65. The van der Waals surface area contributed by atoms with Crippen LogP contribution in [-0.2, 0) is 4.74 Å². The summed E-state index contributed by atoms with van der Waals surface area (Å²) in [6.07, 6.45) is 2.67. The maximum absolute atomic E-state index is 5.25. The minimum atomic E-state index is 0.644. The molecule has 0 spiro atoms. The minimum Gasteiger partial charge on any atom is -0.383 e. The minimum absolute atomic E-state index is 0.644. The Hall–Kier alpha value is -0.120. The molecule has 1 N–H and O–H groups in total. The predicted octanol–water partition coefficient (Wildman–Crippen LogP) is 2.37. The zero-order chi connectivity index (χ0) is 13.5. The summed E-state index contributed by atoms with van der Waals surface area (Å²) in [5.74, 6) is 1.62. The van der Waals surface area contributed by atoms with Crippen molar-refractivity contribution < 1.29 is 4.74 Å². The number of hydrogen-bond donors (Lipinski definition) is 1. The lowest BCUT2D eigenvalue weighted by molar-refractivity contribution is 0.0454. The van der Waals surface area contributed by atoms with Gasteiger partial charge in [0.2, 0.25) is 0 Å². The van der Waals surface area contributed by atoms with E-state index in [1.165, 1.54) is 12.8 Å². The van der Waals surface area contributed by atoms with Gasteiger partial charge in [0, 0.05) is 25.7 Å². The first kappa shape index (κ1) is 15.9. The zero-order valence-electron chi connectivity index (χ0n) is 12.9. The summed E-state index contributed by atoms with van der Waals surface area (Å²) in [6.45, 7) is 13.4. The standard InChI is InChI=1S/C15H32N2O/c1-6-16-14-11-12(3)10-13(4)15(14)17(7-2)8-9-18-5/h12-16H,6-11H2,1-5H3. The van der Waals surface area contributed by atoms with Crippen molar-refractivity contribution in [2.24, 2.45) is 11.8 Å². The van der Waals surface area contributed by atoms with E-state index < -0.39 is 0 Å². The Morgan fingerprint density at radius 3 is 2.50 bits per heavy atom. The Morgan fingerprint density at radius 2 is 1.94 bits per heavy atom. The number of likely N-dealkylation sites (N-methyl/N-ethyl adjacent to an activating group) is 2. The lowest BCUT2D eigenvalue weighted by Gasteiger charge is -2.46. The van der Waals surface area contributed by atoms with Crippen LogP contribution in [0, 0.1) is 11.8 Å². The van der Waals surface area contributed by atoms with E-state index in [4.69, 9.17) is 4.74 Å². The molecule has 1 saturated carbocycles. The molecule has 0 heterocycles. The first-order chi connectivity index (χ1) is 8.63. The highest BCUT2D eigenvalue weighted by atomic mass is 16.5. The molecule has 0 bridgehead atoms. The highest BCUT2D eigenvalue weighted by Gasteiger charge is 2.36. The molecular formula is C15H32N2O. The molecule has 4 unspecified atom stereocenters. The van der Waals surface area contributed by atoms with Gasteiger partial charge in [-0.05, 0) is 37.8 Å². The first-order valence-corrected chi connectivity index (χ1v) is 7.60. The van der Waals surface area contributed by atoms with Gasteiger partial charge in [-0.2, -0.15) is 0 Å². The van der Waals surface area contributed by atoms with Crippen LogP contribution in [0.4, 0.5) is 0 Å². The van der Waals surface area contributed by atoms with Crippen LogP contribution in [0.5, 0.6) is 0 Å². The van der Waals surface area contributed by atoms with E-state index in [1.807, 2.05) is 0 Å². The summed E-state index contributed by atoms with van der Waals surface area (Å²) in [5, 5.41) is 3.70. The molecule has 0 radical (unpaired) electrons. The fourth-order valence-electron chi connectivity index (χ4n) is 3.65. The van der Waals surface area contributed by atoms with Gasteiger partial charge < -0.3 is 10.1 Å². The molecule has 0 saturated heterocycles. The molecule has 0 aromatic carbocycles. The maximum Gasteiger partial charge on any atom is 0.0589 e. The molecule has 1 fully saturated rings. The lowest BCUT2D eigenvalue weighted by Crippen LogP contribution is -2.57. The van der Waals surface area contributed by atoms with E-state index in [-0.39, 0.29) is 0 Å². The summed E-state index contributed by atoms with van der Waals surface area (Å²) >= 11 is 0. The van der Waals surface area contributed by atoms with Gasteiger partial charge in [-0.25, -0.2) is 0 Å². The lowest BCUT2D eigenvalue weighted by atomic mass is 9.75. The van der Waals surface area contributed by atoms with Crippen LogP contribution in [-0.4, -0.2) is 50.3 Å². The Morgan fingerprint density at radius 1 is 1.22 bits per heavy atom. The van der Waals surface area contributed by atoms with Crippen molar-refractivity contribution in [2.75, 3.05) is 33.4 Å². The number of rotatable bonds is 7. The van der Waals surface area contributed by atoms with Crippen molar-refractivity contribution >= 4 is 0 Å². The van der Waals surface area contributed by atoms with Crippen molar-refractivity contribution in [1.82, 2.24) is 10.2 Å². The van der Waals surface area contributed by atoms with Gasteiger partial charge >= 0.3 is 0 Å². The Bertz CT molecular complexity index is 223. The van der Waals surface area contributed by atoms with Gasteiger partial charge in [-0.1, -0.05) is 27.7 Å². The second kappa shape index (κ2) is 8.13. The molecule has 0 aromatic heterocycles. The largest absolute Gasteiger partial charge is 0.383 e. The van der Waals surface area contributed by atoms with Crippen LogP contribution >= 0.6 is 0 Å². The van der Waals surface area contributed by atoms with Crippen LogP contribution in [0.25, 0.3) is 0 Å². The number of methoxy groups -OCH3 is 1. The monoisotopic (exact) mass is 256 g/mol. The molecule has 3 nitrogen and oxygen atoms in total. The molecule has 1 aliphatic carbocycles. The number of nitrogens with one attached hydrogen (secondary N) is 1. The average molecular weight is 256 g/mol. The van der Waals surface area contributed by atoms with Crippen LogP contribution < -0.4 is 5.32 Å². The number of hydrogen-bond acceptors (Lipinski definition) is 3. The van der Waals surface area contributed by atoms with E-state index in [0.29, 0.717) is 12.1 Å². The number of ether oxygens (including phenoxy) is 1. The van der Waals surface area contributed by atoms with E-state index >= 15 is 0 Å². The van der Waals surface area contributed by atoms with E-state index in [2.05, 4.69) is 37.9 Å². The molecule has 0 aliphatic heterocycles. The number of nitrogens with zero attached hydrogens (tertiary/aromatic N) is 1. The molecular weight excluding hydrogens is 224 g/mol. The van der Waals surface area contributed by atoms with E-state index in [0.717, 1.165) is 38.1 Å². The Balaban J connectivity index is 2.70. The van der Waals surface area contributed by atoms with E-state index in [9.17, 15) is 0 Å². The molecule has 4 atom stereocenters. The third kappa shape index (κ3) is 4.22. The SMILES string of the molecule is CCNC1CC(C)CC(C)C1N(CC)CCOC. The van der Waals surface area contributed by atoms with E-state index in [1.54, 1.807) is 7.11 Å². The Labute approximate surface area is 113 Å². The molecule has 18 heavy (non-hydrogen) atoms. The third-order valence-electron chi connectivity index (χ3n) is 4.30. The smallest absolute Gasteiger partial charge is 0.0589 e. The molecule has 1 aliphatic rings.